The summed E-state index contributed by atoms with van der Waals surface area (Å²) in [7, 11) is -2.80. The molecule has 1 N–H and O–H groups in total. The zero-order valence-corrected chi connectivity index (χ0v) is 13.9. The Morgan fingerprint density at radius 1 is 1.17 bits per heavy atom. The van der Waals surface area contributed by atoms with Crippen LogP contribution in [0.1, 0.15) is 0 Å². The van der Waals surface area contributed by atoms with Crippen molar-refractivity contribution in [3.63, 3.8) is 0 Å². The van der Waals surface area contributed by atoms with Gasteiger partial charge in [0.1, 0.15) is 10.6 Å². The van der Waals surface area contributed by atoms with E-state index in [0.29, 0.717) is 0 Å². The van der Waals surface area contributed by atoms with Crippen LogP contribution in [0.15, 0.2) is 41.3 Å². The molecule has 0 aliphatic rings. The molecule has 7 nitrogen and oxygen atoms in total. The van der Waals surface area contributed by atoms with Crippen molar-refractivity contribution in [2.24, 2.45) is 0 Å². The van der Waals surface area contributed by atoms with E-state index in [4.69, 9.17) is 27.9 Å². The largest absolute Gasteiger partial charge is 0.495 e. The van der Waals surface area contributed by atoms with Gasteiger partial charge in [-0.05, 0) is 24.3 Å². The number of halogens is 2. The molecule has 0 aliphatic heterocycles. The van der Waals surface area contributed by atoms with E-state index < -0.39 is 14.9 Å². The fraction of sp³-hybridized carbons (Fsp3) is 0.0769. The number of methoxy groups -OCH3 is 1. The summed E-state index contributed by atoms with van der Waals surface area (Å²) in [5, 5.41) is 11.0. The first-order valence-corrected chi connectivity index (χ1v) is 8.29. The van der Waals surface area contributed by atoms with E-state index in [9.17, 15) is 18.5 Å². The van der Waals surface area contributed by atoms with Crippen LogP contribution in [0.2, 0.25) is 10.0 Å². The van der Waals surface area contributed by atoms with Crippen molar-refractivity contribution in [1.82, 2.24) is 0 Å². The molecule has 122 valence electrons. The lowest BCUT2D eigenvalue weighted by molar-refractivity contribution is -0.384. The Labute approximate surface area is 142 Å². The summed E-state index contributed by atoms with van der Waals surface area (Å²) >= 11 is 11.7. The molecule has 0 bridgehead atoms. The summed E-state index contributed by atoms with van der Waals surface area (Å²) in [6.07, 6.45) is 0. The van der Waals surface area contributed by atoms with Gasteiger partial charge in [-0.1, -0.05) is 23.2 Å². The van der Waals surface area contributed by atoms with Crippen molar-refractivity contribution in [1.29, 1.82) is 0 Å². The van der Waals surface area contributed by atoms with Crippen LogP contribution in [0.3, 0.4) is 0 Å². The molecule has 0 fully saturated rings. The summed E-state index contributed by atoms with van der Waals surface area (Å²) in [4.78, 5) is 9.94. The maximum atomic E-state index is 12.4. The minimum Gasteiger partial charge on any atom is -0.495 e. The molecule has 23 heavy (non-hydrogen) atoms. The Bertz CT molecular complexity index is 871. The van der Waals surface area contributed by atoms with E-state index in [1.54, 1.807) is 0 Å². The van der Waals surface area contributed by atoms with Gasteiger partial charge in [0, 0.05) is 17.2 Å². The Hall–Kier alpha value is -2.03. The molecule has 0 heterocycles. The number of hydrogen-bond donors (Lipinski definition) is 1. The van der Waals surface area contributed by atoms with Crippen molar-refractivity contribution in [3.8, 4) is 5.75 Å². The Morgan fingerprint density at radius 2 is 1.87 bits per heavy atom. The summed E-state index contributed by atoms with van der Waals surface area (Å²) in [5.74, 6) is 0.123. The molecule has 0 aliphatic carbocycles. The Morgan fingerprint density at radius 3 is 2.48 bits per heavy atom. The van der Waals surface area contributed by atoms with Gasteiger partial charge in [0.15, 0.2) is 0 Å². The van der Waals surface area contributed by atoms with Crippen molar-refractivity contribution in [2.45, 2.75) is 4.90 Å². The summed E-state index contributed by atoms with van der Waals surface area (Å²) in [6.45, 7) is 0. The molecule has 2 aromatic rings. The summed E-state index contributed by atoms with van der Waals surface area (Å²) in [6, 6.07) is 7.49. The van der Waals surface area contributed by atoms with E-state index in [0.717, 1.165) is 6.07 Å². The fourth-order valence-corrected chi connectivity index (χ4v) is 3.60. The number of nitro groups is 1. The minimum atomic E-state index is -4.11. The van der Waals surface area contributed by atoms with Gasteiger partial charge in [-0.25, -0.2) is 8.42 Å². The average molecular weight is 377 g/mol. The quantitative estimate of drug-likeness (QED) is 0.633. The number of nitro benzene ring substituents is 1. The Kier molecular flexibility index (Phi) is 4.98. The lowest BCUT2D eigenvalue weighted by Gasteiger charge is -2.12. The minimum absolute atomic E-state index is 0.0358. The van der Waals surface area contributed by atoms with E-state index in [1.807, 2.05) is 0 Å². The molecule has 2 rings (SSSR count). The smallest absolute Gasteiger partial charge is 0.271 e. The third-order valence-corrected chi connectivity index (χ3v) is 4.90. The van der Waals surface area contributed by atoms with Gasteiger partial charge in [-0.3, -0.25) is 14.8 Å². The third-order valence-electron chi connectivity index (χ3n) is 2.82. The molecular formula is C13H10Cl2N2O5S. The van der Waals surface area contributed by atoms with Gasteiger partial charge in [-0.15, -0.1) is 0 Å². The van der Waals surface area contributed by atoms with Crippen LogP contribution in [0.4, 0.5) is 11.4 Å². The maximum Gasteiger partial charge on any atom is 0.271 e. The molecule has 2 aromatic carbocycles. The van der Waals surface area contributed by atoms with Crippen LogP contribution < -0.4 is 9.46 Å². The highest BCUT2D eigenvalue weighted by atomic mass is 35.5. The van der Waals surface area contributed by atoms with Gasteiger partial charge < -0.3 is 4.74 Å². The monoisotopic (exact) mass is 376 g/mol. The number of anilines is 1. The highest BCUT2D eigenvalue weighted by Gasteiger charge is 2.22. The predicted molar refractivity (Wildman–Crippen MR) is 86.9 cm³/mol. The van der Waals surface area contributed by atoms with Gasteiger partial charge in [0.2, 0.25) is 0 Å². The number of hydrogen-bond acceptors (Lipinski definition) is 5. The standard InChI is InChI=1S/C13H10Cl2N2O5S/c1-22-12-5-3-9(17(18)19)7-11(12)16-23(20,21)13-6-8(14)2-4-10(13)15/h2-7,16H,1H3. The number of non-ortho nitro benzene ring substituents is 1. The van der Waals surface area contributed by atoms with Gasteiger partial charge in [0.25, 0.3) is 15.7 Å². The van der Waals surface area contributed by atoms with Gasteiger partial charge >= 0.3 is 0 Å². The SMILES string of the molecule is COc1ccc([N+](=O)[O-])cc1NS(=O)(=O)c1cc(Cl)ccc1Cl. The highest BCUT2D eigenvalue weighted by Crippen LogP contribution is 2.32. The van der Waals surface area contributed by atoms with Crippen molar-refractivity contribution in [3.05, 3.63) is 56.6 Å². The second-order valence-corrected chi connectivity index (χ2v) is 6.82. The molecule has 0 atom stereocenters. The van der Waals surface area contributed by atoms with Crippen LogP contribution in [0.25, 0.3) is 0 Å². The first-order chi connectivity index (χ1) is 10.7. The number of nitrogens with one attached hydrogen (secondary N) is 1. The lowest BCUT2D eigenvalue weighted by Crippen LogP contribution is -2.14. The van der Waals surface area contributed by atoms with E-state index in [2.05, 4.69) is 4.72 Å². The Balaban J connectivity index is 2.50. The molecular weight excluding hydrogens is 367 g/mol. The highest BCUT2D eigenvalue weighted by molar-refractivity contribution is 7.92. The fourth-order valence-electron chi connectivity index (χ4n) is 1.77. The molecule has 0 saturated carbocycles. The first kappa shape index (κ1) is 17.3. The second kappa shape index (κ2) is 6.61. The van der Waals surface area contributed by atoms with Gasteiger partial charge in [-0.2, -0.15) is 0 Å². The van der Waals surface area contributed by atoms with Crippen molar-refractivity contribution in [2.75, 3.05) is 11.8 Å². The first-order valence-electron chi connectivity index (χ1n) is 6.05. The van der Waals surface area contributed by atoms with Crippen LogP contribution in [0, 0.1) is 10.1 Å². The number of rotatable bonds is 5. The van der Waals surface area contributed by atoms with E-state index in [-0.39, 0.29) is 32.1 Å². The molecule has 0 amide bonds. The number of ether oxygens (including phenoxy) is 1. The van der Waals surface area contributed by atoms with E-state index >= 15 is 0 Å². The molecule has 10 heteroatoms. The molecule has 0 unspecified atom stereocenters. The van der Waals surface area contributed by atoms with Crippen molar-refractivity contribution >= 4 is 44.6 Å². The van der Waals surface area contributed by atoms with Crippen molar-refractivity contribution < 1.29 is 18.1 Å². The third kappa shape index (κ3) is 3.84. The normalized spacial score (nSPS) is 11.1. The van der Waals surface area contributed by atoms with Crippen LogP contribution >= 0.6 is 23.2 Å². The second-order valence-electron chi connectivity index (χ2n) is 4.32. The van der Waals surface area contributed by atoms with Gasteiger partial charge in [0.05, 0.1) is 22.7 Å². The van der Waals surface area contributed by atoms with Crippen LogP contribution in [-0.4, -0.2) is 20.5 Å². The summed E-state index contributed by atoms with van der Waals surface area (Å²) in [5.41, 5.74) is -0.376. The number of benzene rings is 2. The topological polar surface area (TPSA) is 98.5 Å². The zero-order valence-electron chi connectivity index (χ0n) is 11.6. The number of sulfonamides is 1. The average Bonchev–Trinajstić information content (AvgIpc) is 2.49. The lowest BCUT2D eigenvalue weighted by atomic mass is 10.2. The maximum absolute atomic E-state index is 12.4. The molecule has 0 aromatic heterocycles. The number of nitrogens with zero attached hydrogens (tertiary/aromatic N) is 1. The molecule has 0 spiro atoms. The van der Waals surface area contributed by atoms with Crippen LogP contribution in [-0.2, 0) is 10.0 Å². The summed E-state index contributed by atoms with van der Waals surface area (Å²) < 4.78 is 32.1. The van der Waals surface area contributed by atoms with E-state index in [1.165, 1.54) is 37.4 Å². The molecule has 0 radical (unpaired) electrons. The van der Waals surface area contributed by atoms with Crippen LogP contribution in [0.5, 0.6) is 5.75 Å². The zero-order chi connectivity index (χ0) is 17.2. The predicted octanol–water partition coefficient (Wildman–Crippen LogP) is 3.71. The molecule has 0 saturated heterocycles.